The first kappa shape index (κ1) is 20.9. The van der Waals surface area contributed by atoms with Crippen LogP contribution >= 0.6 is 0 Å². The van der Waals surface area contributed by atoms with Crippen molar-refractivity contribution in [2.75, 3.05) is 32.2 Å². The molecule has 23 heavy (non-hydrogen) atoms. The molecule has 0 aliphatic rings. The number of carboxylic acids is 1. The monoisotopic (exact) mass is 326 g/mol. The van der Waals surface area contributed by atoms with E-state index < -0.39 is 5.97 Å². The number of carbonyl (C=O) groups excluding carboxylic acids is 1. The molecule has 0 saturated heterocycles. The fraction of sp³-hybridized carbons (Fsp3) is 0.500. The lowest BCUT2D eigenvalue weighted by Crippen LogP contribution is -2.29. The molecule has 130 valence electrons. The molecule has 7 nitrogen and oxygen atoms in total. The van der Waals surface area contributed by atoms with Crippen LogP contribution in [0.1, 0.15) is 18.1 Å². The Labute approximate surface area is 136 Å². The molecule has 0 fully saturated rings. The van der Waals surface area contributed by atoms with E-state index >= 15 is 0 Å². The van der Waals surface area contributed by atoms with Gasteiger partial charge >= 0.3 is 11.9 Å². The van der Waals surface area contributed by atoms with Crippen LogP contribution in [0.4, 0.5) is 5.69 Å². The third-order valence-corrected chi connectivity index (χ3v) is 2.81. The van der Waals surface area contributed by atoms with Crippen LogP contribution in [0.15, 0.2) is 18.2 Å². The number of methoxy groups -OCH3 is 1. The number of benzene rings is 1. The number of nitrogens with one attached hydrogen (secondary N) is 1. The van der Waals surface area contributed by atoms with Gasteiger partial charge in [-0.1, -0.05) is 17.7 Å². The standard InChI is InChI=1S/C14H21NO3.C2H5NO2/c1-10-5-6-13(11(2)9-10)15-12(3)14(16)18-8-7-17-4;3-1-2(4)5/h5-6,9,12,15H,7-8H2,1-4H3;1,3H2,(H,4,5)/t12-;/m0./s1. The number of carboxylic acid groups (broad SMARTS) is 1. The van der Waals surface area contributed by atoms with Crippen molar-refractivity contribution < 1.29 is 24.2 Å². The van der Waals surface area contributed by atoms with Crippen molar-refractivity contribution in [2.45, 2.75) is 26.8 Å². The van der Waals surface area contributed by atoms with Crippen LogP contribution in [0.5, 0.6) is 0 Å². The van der Waals surface area contributed by atoms with E-state index in [1.165, 1.54) is 5.56 Å². The lowest BCUT2D eigenvalue weighted by atomic mass is 10.1. The Morgan fingerprint density at radius 1 is 1.30 bits per heavy atom. The quantitative estimate of drug-likeness (QED) is 0.512. The first-order valence-corrected chi connectivity index (χ1v) is 7.23. The van der Waals surface area contributed by atoms with E-state index in [0.29, 0.717) is 6.61 Å². The van der Waals surface area contributed by atoms with Gasteiger partial charge in [0.15, 0.2) is 0 Å². The molecule has 0 amide bonds. The van der Waals surface area contributed by atoms with E-state index in [9.17, 15) is 9.59 Å². The molecular formula is C16H26N2O5. The maximum absolute atomic E-state index is 11.7. The highest BCUT2D eigenvalue weighted by molar-refractivity contribution is 5.79. The number of rotatable bonds is 7. The van der Waals surface area contributed by atoms with Crippen molar-refractivity contribution in [3.8, 4) is 0 Å². The van der Waals surface area contributed by atoms with Gasteiger partial charge in [0.2, 0.25) is 0 Å². The molecule has 0 aromatic heterocycles. The molecule has 0 aliphatic heterocycles. The Balaban J connectivity index is 0.000000841. The number of ether oxygens (including phenoxy) is 2. The summed E-state index contributed by atoms with van der Waals surface area (Å²) in [6.45, 7) is 6.27. The maximum Gasteiger partial charge on any atom is 0.328 e. The molecule has 0 heterocycles. The zero-order valence-electron chi connectivity index (χ0n) is 14.1. The van der Waals surface area contributed by atoms with Gasteiger partial charge in [0.25, 0.3) is 0 Å². The number of anilines is 1. The predicted molar refractivity (Wildman–Crippen MR) is 88.5 cm³/mol. The topological polar surface area (TPSA) is 111 Å². The number of esters is 1. The molecule has 1 aromatic rings. The number of aryl methyl sites for hydroxylation is 2. The van der Waals surface area contributed by atoms with Gasteiger partial charge in [0.05, 0.1) is 13.2 Å². The zero-order chi connectivity index (χ0) is 17.8. The summed E-state index contributed by atoms with van der Waals surface area (Å²) in [7, 11) is 1.57. The Morgan fingerprint density at radius 2 is 1.91 bits per heavy atom. The molecule has 4 N–H and O–H groups in total. The lowest BCUT2D eigenvalue weighted by Gasteiger charge is -2.16. The Hall–Kier alpha value is -2.12. The second-order valence-corrected chi connectivity index (χ2v) is 4.94. The molecule has 0 radical (unpaired) electrons. The highest BCUT2D eigenvalue weighted by Gasteiger charge is 2.14. The van der Waals surface area contributed by atoms with Crippen LogP contribution in [0, 0.1) is 13.8 Å². The summed E-state index contributed by atoms with van der Waals surface area (Å²) >= 11 is 0. The first-order valence-electron chi connectivity index (χ1n) is 7.23. The molecule has 1 rings (SSSR count). The minimum atomic E-state index is -0.968. The normalized spacial score (nSPS) is 11.0. The number of carbonyl (C=O) groups is 2. The summed E-state index contributed by atoms with van der Waals surface area (Å²) in [5, 5.41) is 10.7. The van der Waals surface area contributed by atoms with E-state index in [1.54, 1.807) is 14.0 Å². The second kappa shape index (κ2) is 11.4. The largest absolute Gasteiger partial charge is 0.480 e. The Kier molecular flexibility index (Phi) is 10.4. The van der Waals surface area contributed by atoms with Crippen LogP contribution in [-0.4, -0.2) is 50.0 Å². The highest BCUT2D eigenvalue weighted by Crippen LogP contribution is 2.17. The lowest BCUT2D eigenvalue weighted by molar-refractivity contribution is -0.145. The van der Waals surface area contributed by atoms with Crippen LogP contribution in [-0.2, 0) is 19.1 Å². The van der Waals surface area contributed by atoms with Crippen molar-refractivity contribution >= 4 is 17.6 Å². The van der Waals surface area contributed by atoms with Gasteiger partial charge in [0.1, 0.15) is 12.6 Å². The molecule has 7 heteroatoms. The van der Waals surface area contributed by atoms with Crippen LogP contribution < -0.4 is 11.1 Å². The third-order valence-electron chi connectivity index (χ3n) is 2.81. The summed E-state index contributed by atoms with van der Waals surface area (Å²) in [6.07, 6.45) is 0. The van der Waals surface area contributed by atoms with Gasteiger partial charge in [-0.3, -0.25) is 4.79 Å². The summed E-state index contributed by atoms with van der Waals surface area (Å²) in [4.78, 5) is 20.9. The van der Waals surface area contributed by atoms with E-state index in [-0.39, 0.29) is 25.2 Å². The predicted octanol–water partition coefficient (Wildman–Crippen LogP) is 1.32. The number of aliphatic carboxylic acids is 1. The summed E-state index contributed by atoms with van der Waals surface area (Å²) in [5.74, 6) is -1.24. The van der Waals surface area contributed by atoms with E-state index in [2.05, 4.69) is 17.1 Å². The Bertz CT molecular complexity index is 505. The Morgan fingerprint density at radius 3 is 2.39 bits per heavy atom. The minimum Gasteiger partial charge on any atom is -0.480 e. The molecule has 1 atom stereocenters. The average molecular weight is 326 g/mol. The fourth-order valence-corrected chi connectivity index (χ4v) is 1.62. The van der Waals surface area contributed by atoms with Crippen molar-refractivity contribution in [2.24, 2.45) is 5.73 Å². The van der Waals surface area contributed by atoms with Gasteiger partial charge in [-0.2, -0.15) is 0 Å². The van der Waals surface area contributed by atoms with Gasteiger partial charge < -0.3 is 25.6 Å². The van der Waals surface area contributed by atoms with Gasteiger partial charge in [-0.25, -0.2) is 4.79 Å². The summed E-state index contributed by atoms with van der Waals surface area (Å²) < 4.78 is 9.88. The number of nitrogens with two attached hydrogens (primary N) is 1. The molecule has 0 aliphatic carbocycles. The second-order valence-electron chi connectivity index (χ2n) is 4.94. The summed E-state index contributed by atoms with van der Waals surface area (Å²) in [5.41, 5.74) is 7.85. The van der Waals surface area contributed by atoms with Crippen LogP contribution in [0.3, 0.4) is 0 Å². The van der Waals surface area contributed by atoms with E-state index in [0.717, 1.165) is 11.3 Å². The molecular weight excluding hydrogens is 300 g/mol. The van der Waals surface area contributed by atoms with E-state index in [4.69, 9.17) is 14.6 Å². The fourth-order valence-electron chi connectivity index (χ4n) is 1.62. The molecule has 0 unspecified atom stereocenters. The zero-order valence-corrected chi connectivity index (χ0v) is 14.1. The number of hydrogen-bond acceptors (Lipinski definition) is 6. The maximum atomic E-state index is 11.7. The van der Waals surface area contributed by atoms with Gasteiger partial charge in [-0.15, -0.1) is 0 Å². The number of hydrogen-bond donors (Lipinski definition) is 3. The average Bonchev–Trinajstić information content (AvgIpc) is 2.50. The van der Waals surface area contributed by atoms with Crippen molar-refractivity contribution in [3.63, 3.8) is 0 Å². The third kappa shape index (κ3) is 9.49. The summed E-state index contributed by atoms with van der Waals surface area (Å²) in [6, 6.07) is 5.69. The van der Waals surface area contributed by atoms with Crippen LogP contribution in [0.25, 0.3) is 0 Å². The molecule has 0 saturated carbocycles. The van der Waals surface area contributed by atoms with E-state index in [1.807, 2.05) is 26.0 Å². The van der Waals surface area contributed by atoms with Crippen molar-refractivity contribution in [3.05, 3.63) is 29.3 Å². The molecule has 0 spiro atoms. The van der Waals surface area contributed by atoms with Crippen molar-refractivity contribution in [1.82, 2.24) is 0 Å². The highest BCUT2D eigenvalue weighted by atomic mass is 16.6. The molecule has 1 aromatic carbocycles. The van der Waals surface area contributed by atoms with Gasteiger partial charge in [0, 0.05) is 12.8 Å². The van der Waals surface area contributed by atoms with Crippen molar-refractivity contribution in [1.29, 1.82) is 0 Å². The smallest absolute Gasteiger partial charge is 0.328 e. The van der Waals surface area contributed by atoms with Gasteiger partial charge in [-0.05, 0) is 32.4 Å². The molecule has 0 bridgehead atoms. The SMILES string of the molecule is COCCOC(=O)[C@H](C)Nc1ccc(C)cc1C.NCC(=O)O. The van der Waals surface area contributed by atoms with Crippen LogP contribution in [0.2, 0.25) is 0 Å². The minimum absolute atomic E-state index is 0.271. The first-order chi connectivity index (χ1) is 10.8.